The third-order valence-electron chi connectivity index (χ3n) is 4.14. The first-order valence-corrected chi connectivity index (χ1v) is 8.10. The van der Waals surface area contributed by atoms with Gasteiger partial charge in [-0.05, 0) is 12.0 Å². The number of aromatic nitrogens is 1. The van der Waals surface area contributed by atoms with Gasteiger partial charge in [0.05, 0.1) is 24.4 Å². The van der Waals surface area contributed by atoms with Crippen LogP contribution >= 0.6 is 0 Å². The molecule has 5 heteroatoms. The van der Waals surface area contributed by atoms with E-state index in [1.54, 1.807) is 6.07 Å². The molecule has 124 valence electrons. The van der Waals surface area contributed by atoms with E-state index < -0.39 is 0 Å². The van der Waals surface area contributed by atoms with Crippen LogP contribution in [0.25, 0.3) is 0 Å². The Morgan fingerprint density at radius 2 is 2.09 bits per heavy atom. The zero-order chi connectivity index (χ0) is 16.3. The molecule has 2 aromatic rings. The number of hydrogen-bond donors (Lipinski definition) is 2. The van der Waals surface area contributed by atoms with Gasteiger partial charge in [0.25, 0.3) is 0 Å². The minimum atomic E-state index is -0.131. The van der Waals surface area contributed by atoms with Gasteiger partial charge in [-0.25, -0.2) is 0 Å². The molecule has 3 rings (SSSR count). The van der Waals surface area contributed by atoms with Crippen molar-refractivity contribution in [3.63, 3.8) is 0 Å². The molecular formula is C18H24N2O3. The Morgan fingerprint density at radius 3 is 2.74 bits per heavy atom. The van der Waals surface area contributed by atoms with E-state index in [4.69, 9.17) is 9.26 Å². The van der Waals surface area contributed by atoms with Crippen molar-refractivity contribution in [2.75, 3.05) is 13.2 Å². The summed E-state index contributed by atoms with van der Waals surface area (Å²) >= 11 is 0. The first kappa shape index (κ1) is 16.0. The number of nitrogens with one attached hydrogen (secondary N) is 1. The highest BCUT2D eigenvalue weighted by atomic mass is 16.5. The molecule has 23 heavy (non-hydrogen) atoms. The minimum absolute atomic E-state index is 0.131. The van der Waals surface area contributed by atoms with E-state index in [9.17, 15) is 5.11 Å². The highest BCUT2D eigenvalue weighted by Gasteiger charge is 2.39. The summed E-state index contributed by atoms with van der Waals surface area (Å²) in [6, 6.07) is 9.42. The normalized spacial score (nSPS) is 16.5. The standard InChI is InChI=1S/C18H24N2O3/c1-13(2)7-16-8-15(20-23-16)9-18(11-22-12-18)19-10-14-5-3-4-6-17(14)21/h3-6,8,13,19,21H,7,9-12H2,1-2H3. The SMILES string of the molecule is CC(C)Cc1cc(CC2(NCc3ccccc3O)COC2)no1. The van der Waals surface area contributed by atoms with Gasteiger partial charge >= 0.3 is 0 Å². The van der Waals surface area contributed by atoms with E-state index in [-0.39, 0.29) is 5.54 Å². The third kappa shape index (κ3) is 3.92. The molecule has 1 aliphatic rings. The van der Waals surface area contributed by atoms with Crippen LogP contribution in [-0.2, 0) is 24.1 Å². The lowest BCUT2D eigenvalue weighted by molar-refractivity contribution is -0.0756. The molecule has 0 atom stereocenters. The van der Waals surface area contributed by atoms with Gasteiger partial charge in [0.1, 0.15) is 11.5 Å². The fraction of sp³-hybridized carbons (Fsp3) is 0.500. The van der Waals surface area contributed by atoms with Crippen molar-refractivity contribution in [1.82, 2.24) is 10.5 Å². The van der Waals surface area contributed by atoms with Crippen LogP contribution in [0.3, 0.4) is 0 Å². The highest BCUT2D eigenvalue weighted by Crippen LogP contribution is 2.25. The Balaban J connectivity index is 1.62. The number of ether oxygens (including phenoxy) is 1. The molecule has 0 saturated carbocycles. The summed E-state index contributed by atoms with van der Waals surface area (Å²) in [7, 11) is 0. The molecule has 0 spiro atoms. The van der Waals surface area contributed by atoms with Gasteiger partial charge in [0, 0.05) is 31.0 Å². The van der Waals surface area contributed by atoms with Gasteiger partial charge in [-0.3, -0.25) is 0 Å². The average Bonchev–Trinajstić information content (AvgIpc) is 2.89. The number of phenols is 1. The number of hydrogen-bond acceptors (Lipinski definition) is 5. The molecule has 1 aliphatic heterocycles. The summed E-state index contributed by atoms with van der Waals surface area (Å²) in [5.41, 5.74) is 1.71. The summed E-state index contributed by atoms with van der Waals surface area (Å²) in [5.74, 6) is 1.80. The van der Waals surface area contributed by atoms with Crippen LogP contribution in [0, 0.1) is 5.92 Å². The fourth-order valence-electron chi connectivity index (χ4n) is 2.84. The molecule has 2 heterocycles. The molecule has 0 radical (unpaired) electrons. The molecule has 1 saturated heterocycles. The lowest BCUT2D eigenvalue weighted by Gasteiger charge is -2.42. The van der Waals surface area contributed by atoms with Crippen molar-refractivity contribution in [3.8, 4) is 5.75 Å². The number of phenolic OH excluding ortho intramolecular Hbond substituents is 1. The van der Waals surface area contributed by atoms with E-state index in [0.717, 1.165) is 29.9 Å². The first-order chi connectivity index (χ1) is 11.1. The van der Waals surface area contributed by atoms with Gasteiger partial charge in [0.15, 0.2) is 0 Å². The average molecular weight is 316 g/mol. The Hall–Kier alpha value is -1.85. The van der Waals surface area contributed by atoms with Crippen molar-refractivity contribution < 1.29 is 14.4 Å². The van der Waals surface area contributed by atoms with E-state index in [1.807, 2.05) is 24.3 Å². The number of para-hydroxylation sites is 1. The molecule has 5 nitrogen and oxygen atoms in total. The molecule has 0 amide bonds. The van der Waals surface area contributed by atoms with Crippen molar-refractivity contribution in [2.24, 2.45) is 5.92 Å². The fourth-order valence-corrected chi connectivity index (χ4v) is 2.84. The van der Waals surface area contributed by atoms with E-state index in [2.05, 4.69) is 24.3 Å². The highest BCUT2D eigenvalue weighted by molar-refractivity contribution is 5.31. The van der Waals surface area contributed by atoms with Gasteiger partial charge in [0.2, 0.25) is 0 Å². The van der Waals surface area contributed by atoms with Crippen LogP contribution in [0.4, 0.5) is 0 Å². The van der Waals surface area contributed by atoms with Crippen LogP contribution in [0.15, 0.2) is 34.9 Å². The minimum Gasteiger partial charge on any atom is -0.508 e. The number of benzene rings is 1. The Bertz CT molecular complexity index is 647. The molecule has 0 unspecified atom stereocenters. The van der Waals surface area contributed by atoms with Crippen LogP contribution in [-0.4, -0.2) is 29.0 Å². The molecule has 1 aromatic carbocycles. The summed E-state index contributed by atoms with van der Waals surface area (Å²) < 4.78 is 10.8. The molecule has 0 aliphatic carbocycles. The van der Waals surface area contributed by atoms with E-state index in [1.165, 1.54) is 0 Å². The van der Waals surface area contributed by atoms with E-state index >= 15 is 0 Å². The lowest BCUT2D eigenvalue weighted by Crippen LogP contribution is -2.61. The predicted octanol–water partition coefficient (Wildman–Crippen LogP) is 2.68. The zero-order valence-corrected chi connectivity index (χ0v) is 13.7. The largest absolute Gasteiger partial charge is 0.508 e. The maximum atomic E-state index is 9.88. The lowest BCUT2D eigenvalue weighted by atomic mass is 9.90. The van der Waals surface area contributed by atoms with Crippen molar-refractivity contribution in [1.29, 1.82) is 0 Å². The number of aromatic hydroxyl groups is 1. The van der Waals surface area contributed by atoms with Gasteiger partial charge in [-0.2, -0.15) is 0 Å². The number of rotatable bonds is 7. The third-order valence-corrected chi connectivity index (χ3v) is 4.14. The molecular weight excluding hydrogens is 292 g/mol. The van der Waals surface area contributed by atoms with Crippen molar-refractivity contribution >= 4 is 0 Å². The predicted molar refractivity (Wildman–Crippen MR) is 87.2 cm³/mol. The van der Waals surface area contributed by atoms with Crippen LogP contribution < -0.4 is 5.32 Å². The molecule has 1 fully saturated rings. The number of nitrogens with zero attached hydrogens (tertiary/aromatic N) is 1. The quantitative estimate of drug-likeness (QED) is 0.822. The summed E-state index contributed by atoms with van der Waals surface area (Å²) in [4.78, 5) is 0. The van der Waals surface area contributed by atoms with Crippen molar-refractivity contribution in [3.05, 3.63) is 47.3 Å². The molecule has 1 aromatic heterocycles. The van der Waals surface area contributed by atoms with Gasteiger partial charge in [-0.15, -0.1) is 0 Å². The Morgan fingerprint density at radius 1 is 1.30 bits per heavy atom. The van der Waals surface area contributed by atoms with Crippen molar-refractivity contribution in [2.45, 2.75) is 38.8 Å². The van der Waals surface area contributed by atoms with E-state index in [0.29, 0.717) is 31.4 Å². The van der Waals surface area contributed by atoms with Crippen LogP contribution in [0.5, 0.6) is 5.75 Å². The first-order valence-electron chi connectivity index (χ1n) is 8.10. The zero-order valence-electron chi connectivity index (χ0n) is 13.7. The summed E-state index contributed by atoms with van der Waals surface area (Å²) in [6.07, 6.45) is 1.67. The van der Waals surface area contributed by atoms with Gasteiger partial charge < -0.3 is 19.7 Å². The second-order valence-corrected chi connectivity index (χ2v) is 6.81. The smallest absolute Gasteiger partial charge is 0.137 e. The summed E-state index contributed by atoms with van der Waals surface area (Å²) in [5, 5.41) is 17.6. The van der Waals surface area contributed by atoms with Crippen LogP contribution in [0.1, 0.15) is 30.9 Å². The molecule has 0 bridgehead atoms. The second-order valence-electron chi connectivity index (χ2n) is 6.81. The maximum Gasteiger partial charge on any atom is 0.137 e. The Kier molecular flexibility index (Phi) is 4.68. The van der Waals surface area contributed by atoms with Gasteiger partial charge in [-0.1, -0.05) is 37.2 Å². The maximum absolute atomic E-state index is 9.88. The Labute approximate surface area is 136 Å². The summed E-state index contributed by atoms with van der Waals surface area (Å²) in [6.45, 7) is 6.22. The van der Waals surface area contributed by atoms with Crippen LogP contribution in [0.2, 0.25) is 0 Å². The molecule has 2 N–H and O–H groups in total. The monoisotopic (exact) mass is 316 g/mol. The topological polar surface area (TPSA) is 67.5 Å². The second kappa shape index (κ2) is 6.72.